The first kappa shape index (κ1) is 12.3. The van der Waals surface area contributed by atoms with Gasteiger partial charge in [0.25, 0.3) is 0 Å². The van der Waals surface area contributed by atoms with Gasteiger partial charge in [-0.05, 0) is 6.04 Å². The average molecular weight is 199 g/mol. The second-order valence-corrected chi connectivity index (χ2v) is 3.29. The van der Waals surface area contributed by atoms with Gasteiger partial charge in [-0.25, -0.2) is 9.79 Å². The average Bonchev–Trinajstić information content (AvgIpc) is 2.17. The van der Waals surface area contributed by atoms with E-state index in [0.29, 0.717) is 16.1 Å². The molecule has 0 rings (SSSR count). The molecule has 0 saturated carbocycles. The SMILES string of the molecule is COC(C[Si]C=CCN=C=O)OC. The van der Waals surface area contributed by atoms with Gasteiger partial charge in [0.15, 0.2) is 6.29 Å². The Bertz CT molecular complexity index is 186. The molecule has 4 nitrogen and oxygen atoms in total. The third-order valence-electron chi connectivity index (χ3n) is 1.31. The second kappa shape index (κ2) is 9.35. The highest BCUT2D eigenvalue weighted by atomic mass is 28.2. The predicted octanol–water partition coefficient (Wildman–Crippen LogP) is 0.577. The fourth-order valence-corrected chi connectivity index (χ4v) is 1.59. The van der Waals surface area contributed by atoms with Crippen LogP contribution in [0.3, 0.4) is 0 Å². The Morgan fingerprint density at radius 1 is 1.54 bits per heavy atom. The van der Waals surface area contributed by atoms with Crippen LogP contribution in [0.25, 0.3) is 0 Å². The predicted molar refractivity (Wildman–Crippen MR) is 50.5 cm³/mol. The van der Waals surface area contributed by atoms with Gasteiger partial charge in [0.1, 0.15) is 0 Å². The molecule has 72 valence electrons. The third kappa shape index (κ3) is 7.61. The number of hydrogen-bond donors (Lipinski definition) is 0. The fourth-order valence-electron chi connectivity index (χ4n) is 0.653. The van der Waals surface area contributed by atoms with Crippen molar-refractivity contribution in [2.24, 2.45) is 4.99 Å². The molecule has 2 radical (unpaired) electrons. The van der Waals surface area contributed by atoms with Gasteiger partial charge in [-0.3, -0.25) is 0 Å². The standard InChI is InChI=1S/C8H13NO3Si/c1-11-8(12-2)6-13-5-3-4-9-7-10/h3,5,8H,4,6H2,1-2H3. The summed E-state index contributed by atoms with van der Waals surface area (Å²) in [4.78, 5) is 13.1. The van der Waals surface area contributed by atoms with E-state index in [4.69, 9.17) is 9.47 Å². The molecule has 13 heavy (non-hydrogen) atoms. The number of nitrogens with zero attached hydrogens (tertiary/aromatic N) is 1. The smallest absolute Gasteiger partial charge is 0.235 e. The largest absolute Gasteiger partial charge is 0.356 e. The second-order valence-electron chi connectivity index (χ2n) is 2.14. The summed E-state index contributed by atoms with van der Waals surface area (Å²) in [7, 11) is 3.84. The number of aliphatic imine (C=N–C) groups is 1. The molecule has 0 aromatic rings. The van der Waals surface area contributed by atoms with E-state index in [1.165, 1.54) is 6.08 Å². The molecule has 0 N–H and O–H groups in total. The molecule has 0 spiro atoms. The Hall–Kier alpha value is -0.743. The minimum absolute atomic E-state index is 0.141. The van der Waals surface area contributed by atoms with Crippen molar-refractivity contribution in [3.63, 3.8) is 0 Å². The number of isocyanates is 1. The highest BCUT2D eigenvalue weighted by molar-refractivity contribution is 6.42. The van der Waals surface area contributed by atoms with Gasteiger partial charge in [-0.15, -0.1) is 5.70 Å². The molecular weight excluding hydrogens is 186 g/mol. The first-order chi connectivity index (χ1) is 6.35. The number of methoxy groups -OCH3 is 2. The van der Waals surface area contributed by atoms with Crippen LogP contribution in [-0.4, -0.2) is 42.7 Å². The normalized spacial score (nSPS) is 10.7. The molecule has 0 aliphatic heterocycles. The zero-order chi connectivity index (χ0) is 9.94. The van der Waals surface area contributed by atoms with E-state index in [1.807, 2.05) is 11.8 Å². The van der Waals surface area contributed by atoms with E-state index in [1.54, 1.807) is 14.2 Å². The van der Waals surface area contributed by atoms with Crippen molar-refractivity contribution in [2.75, 3.05) is 20.8 Å². The van der Waals surface area contributed by atoms with Gasteiger partial charge < -0.3 is 9.47 Å². The maximum Gasteiger partial charge on any atom is 0.235 e. The first-order valence-electron chi connectivity index (χ1n) is 3.82. The Kier molecular flexibility index (Phi) is 8.81. The summed E-state index contributed by atoms with van der Waals surface area (Å²) in [6.45, 7) is 0.404. The lowest BCUT2D eigenvalue weighted by Crippen LogP contribution is -2.14. The van der Waals surface area contributed by atoms with Crippen LogP contribution in [0.2, 0.25) is 6.04 Å². The van der Waals surface area contributed by atoms with E-state index >= 15 is 0 Å². The summed E-state index contributed by atoms with van der Waals surface area (Å²) in [5.74, 6) is 0. The maximum absolute atomic E-state index is 9.68. The summed E-state index contributed by atoms with van der Waals surface area (Å²) in [6, 6.07) is 0.828. The lowest BCUT2D eigenvalue weighted by atomic mass is 10.6. The zero-order valence-corrected chi connectivity index (χ0v) is 8.82. The molecule has 0 fully saturated rings. The Balaban J connectivity index is 3.42. The highest BCUT2D eigenvalue weighted by Crippen LogP contribution is 1.97. The van der Waals surface area contributed by atoms with Gasteiger partial charge in [0, 0.05) is 14.2 Å². The van der Waals surface area contributed by atoms with Crippen molar-refractivity contribution in [3.05, 3.63) is 11.8 Å². The summed E-state index contributed by atoms with van der Waals surface area (Å²) in [5, 5.41) is 0. The quantitative estimate of drug-likeness (QED) is 0.261. The van der Waals surface area contributed by atoms with Gasteiger partial charge in [-0.2, -0.15) is 0 Å². The van der Waals surface area contributed by atoms with E-state index < -0.39 is 0 Å². The molecule has 0 aliphatic carbocycles. The zero-order valence-electron chi connectivity index (χ0n) is 7.82. The van der Waals surface area contributed by atoms with E-state index in [-0.39, 0.29) is 6.29 Å². The molecule has 0 aromatic heterocycles. The molecule has 0 saturated heterocycles. The Labute approximate surface area is 80.5 Å². The van der Waals surface area contributed by atoms with Crippen molar-refractivity contribution < 1.29 is 14.3 Å². The summed E-state index contributed by atoms with van der Waals surface area (Å²) in [5.41, 5.74) is 1.96. The van der Waals surface area contributed by atoms with Gasteiger partial charge >= 0.3 is 0 Å². The topological polar surface area (TPSA) is 47.9 Å². The number of ether oxygens (including phenoxy) is 2. The highest BCUT2D eigenvalue weighted by Gasteiger charge is 2.01. The minimum Gasteiger partial charge on any atom is -0.356 e. The summed E-state index contributed by atoms with van der Waals surface area (Å²) >= 11 is 0. The van der Waals surface area contributed by atoms with Crippen LogP contribution in [0.15, 0.2) is 16.8 Å². The van der Waals surface area contributed by atoms with Crippen LogP contribution < -0.4 is 0 Å². The molecule has 0 unspecified atom stereocenters. The molecule has 0 atom stereocenters. The minimum atomic E-state index is -0.141. The third-order valence-corrected chi connectivity index (χ3v) is 2.35. The van der Waals surface area contributed by atoms with Crippen molar-refractivity contribution in [3.8, 4) is 0 Å². The van der Waals surface area contributed by atoms with Gasteiger partial charge in [-0.1, -0.05) is 6.08 Å². The van der Waals surface area contributed by atoms with Crippen molar-refractivity contribution in [2.45, 2.75) is 12.3 Å². The number of carbonyl (C=O) groups excluding carboxylic acids is 1. The van der Waals surface area contributed by atoms with Gasteiger partial charge in [0.05, 0.1) is 16.1 Å². The number of hydrogen-bond acceptors (Lipinski definition) is 4. The van der Waals surface area contributed by atoms with Crippen molar-refractivity contribution in [1.82, 2.24) is 0 Å². The summed E-state index contributed by atoms with van der Waals surface area (Å²) < 4.78 is 9.98. The monoisotopic (exact) mass is 199 g/mol. The molecule has 0 bridgehead atoms. The van der Waals surface area contributed by atoms with E-state index in [9.17, 15) is 4.79 Å². The van der Waals surface area contributed by atoms with Crippen LogP contribution >= 0.6 is 0 Å². The molecule has 0 aromatic carbocycles. The maximum atomic E-state index is 9.68. The molecular formula is C8H13NO3Si. The number of rotatable bonds is 7. The van der Waals surface area contributed by atoms with E-state index in [2.05, 4.69) is 4.99 Å². The molecule has 0 aliphatic rings. The lowest BCUT2D eigenvalue weighted by molar-refractivity contribution is -0.0874. The van der Waals surface area contributed by atoms with Crippen LogP contribution in [0.1, 0.15) is 0 Å². The fraction of sp³-hybridized carbons (Fsp3) is 0.625. The van der Waals surface area contributed by atoms with Crippen molar-refractivity contribution >= 4 is 15.6 Å². The Morgan fingerprint density at radius 3 is 2.77 bits per heavy atom. The molecule has 0 amide bonds. The lowest BCUT2D eigenvalue weighted by Gasteiger charge is -2.10. The van der Waals surface area contributed by atoms with Crippen LogP contribution in [0.4, 0.5) is 0 Å². The van der Waals surface area contributed by atoms with Crippen molar-refractivity contribution in [1.29, 1.82) is 0 Å². The molecule has 0 heterocycles. The van der Waals surface area contributed by atoms with Gasteiger partial charge in [0.2, 0.25) is 6.08 Å². The van der Waals surface area contributed by atoms with E-state index in [0.717, 1.165) is 6.04 Å². The van der Waals surface area contributed by atoms with Crippen LogP contribution in [-0.2, 0) is 14.3 Å². The first-order valence-corrected chi connectivity index (χ1v) is 5.11. The molecule has 5 heteroatoms. The summed E-state index contributed by atoms with van der Waals surface area (Å²) in [6.07, 6.45) is 3.15. The van der Waals surface area contributed by atoms with Crippen LogP contribution in [0.5, 0.6) is 0 Å². The van der Waals surface area contributed by atoms with Crippen LogP contribution in [0, 0.1) is 0 Å². The Morgan fingerprint density at radius 2 is 2.23 bits per heavy atom.